The molecule has 0 aliphatic heterocycles. The van der Waals surface area contributed by atoms with Gasteiger partial charge in [0, 0.05) is 25.7 Å². The van der Waals surface area contributed by atoms with Crippen LogP contribution in [0, 0.1) is 0 Å². The molecular weight excluding hydrogens is 200 g/mol. The molecule has 1 aromatic carbocycles. The summed E-state index contributed by atoms with van der Waals surface area (Å²) in [5, 5.41) is 7.27. The standard InChI is InChI=1S/C12H18N4/c1-13-10-16-15-9-8-12(14-2)11-6-4-3-5-7-11/h3-7,9-10,12,14H,8H2,1-2H3,(H,13,16)/b15-9+. The second-order valence-corrected chi connectivity index (χ2v) is 3.32. The van der Waals surface area contributed by atoms with Gasteiger partial charge in [0.15, 0.2) is 0 Å². The first-order valence-electron chi connectivity index (χ1n) is 5.28. The topological polar surface area (TPSA) is 48.8 Å². The Morgan fingerprint density at radius 3 is 2.69 bits per heavy atom. The summed E-state index contributed by atoms with van der Waals surface area (Å²) in [6.07, 6.45) is 4.23. The monoisotopic (exact) mass is 218 g/mol. The minimum absolute atomic E-state index is 0.297. The van der Waals surface area contributed by atoms with E-state index >= 15 is 0 Å². The molecule has 0 aromatic heterocycles. The molecule has 16 heavy (non-hydrogen) atoms. The summed E-state index contributed by atoms with van der Waals surface area (Å²) < 4.78 is 0. The number of hydrazone groups is 1. The Bertz CT molecular complexity index is 332. The second-order valence-electron chi connectivity index (χ2n) is 3.32. The number of nitrogens with zero attached hydrogens (tertiary/aromatic N) is 2. The SMILES string of the molecule is CN=CN/N=C/CC(NC)c1ccccc1. The number of aliphatic imine (C=N–C) groups is 1. The fraction of sp³-hybridized carbons (Fsp3) is 0.333. The zero-order valence-electron chi connectivity index (χ0n) is 9.72. The first kappa shape index (κ1) is 12.4. The van der Waals surface area contributed by atoms with Crippen LogP contribution in [0.15, 0.2) is 40.4 Å². The lowest BCUT2D eigenvalue weighted by molar-refractivity contribution is 0.620. The molecule has 0 bridgehead atoms. The van der Waals surface area contributed by atoms with Gasteiger partial charge < -0.3 is 5.32 Å². The Morgan fingerprint density at radius 2 is 2.06 bits per heavy atom. The van der Waals surface area contributed by atoms with Crippen LogP contribution >= 0.6 is 0 Å². The van der Waals surface area contributed by atoms with Crippen LogP contribution in [0.1, 0.15) is 18.0 Å². The van der Waals surface area contributed by atoms with Gasteiger partial charge >= 0.3 is 0 Å². The maximum absolute atomic E-state index is 4.01. The summed E-state index contributed by atoms with van der Waals surface area (Å²) in [4.78, 5) is 3.77. The van der Waals surface area contributed by atoms with E-state index in [2.05, 4.69) is 33.0 Å². The molecule has 4 heteroatoms. The molecule has 0 saturated heterocycles. The molecule has 0 radical (unpaired) electrons. The van der Waals surface area contributed by atoms with E-state index in [1.54, 1.807) is 13.4 Å². The minimum Gasteiger partial charge on any atom is -0.313 e. The number of rotatable bonds is 6. The number of benzene rings is 1. The van der Waals surface area contributed by atoms with Gasteiger partial charge in [-0.2, -0.15) is 5.10 Å². The third-order valence-corrected chi connectivity index (χ3v) is 2.24. The predicted octanol–water partition coefficient (Wildman–Crippen LogP) is 1.57. The highest BCUT2D eigenvalue weighted by molar-refractivity contribution is 5.62. The molecule has 2 N–H and O–H groups in total. The van der Waals surface area contributed by atoms with Gasteiger partial charge in [-0.15, -0.1) is 0 Å². The van der Waals surface area contributed by atoms with Crippen molar-refractivity contribution in [3.8, 4) is 0 Å². The summed E-state index contributed by atoms with van der Waals surface area (Å²) in [5.74, 6) is 0. The molecule has 0 fully saturated rings. The lowest BCUT2D eigenvalue weighted by atomic mass is 10.1. The number of hydrogen-bond acceptors (Lipinski definition) is 3. The third kappa shape index (κ3) is 4.23. The van der Waals surface area contributed by atoms with Crippen molar-refractivity contribution in [1.82, 2.24) is 10.7 Å². The Kier molecular flexibility index (Phi) is 5.88. The van der Waals surface area contributed by atoms with E-state index in [9.17, 15) is 0 Å². The molecule has 0 aliphatic carbocycles. The molecule has 0 amide bonds. The Morgan fingerprint density at radius 1 is 1.31 bits per heavy atom. The first-order chi connectivity index (χ1) is 7.88. The van der Waals surface area contributed by atoms with E-state index in [-0.39, 0.29) is 0 Å². The van der Waals surface area contributed by atoms with Crippen LogP contribution in [-0.2, 0) is 0 Å². The highest BCUT2D eigenvalue weighted by atomic mass is 15.3. The predicted molar refractivity (Wildman–Crippen MR) is 68.9 cm³/mol. The van der Waals surface area contributed by atoms with E-state index in [0.29, 0.717) is 6.04 Å². The summed E-state index contributed by atoms with van der Waals surface area (Å²) >= 11 is 0. The van der Waals surface area contributed by atoms with Gasteiger partial charge in [-0.3, -0.25) is 10.4 Å². The largest absolute Gasteiger partial charge is 0.313 e. The van der Waals surface area contributed by atoms with Crippen LogP contribution in [0.2, 0.25) is 0 Å². The van der Waals surface area contributed by atoms with Crippen molar-refractivity contribution in [3.63, 3.8) is 0 Å². The molecule has 1 aromatic rings. The van der Waals surface area contributed by atoms with Gasteiger partial charge in [0.05, 0.1) is 0 Å². The number of nitrogens with one attached hydrogen (secondary N) is 2. The van der Waals surface area contributed by atoms with E-state index in [4.69, 9.17) is 0 Å². The lowest BCUT2D eigenvalue weighted by Gasteiger charge is -2.13. The molecule has 1 atom stereocenters. The van der Waals surface area contributed by atoms with Crippen molar-refractivity contribution in [3.05, 3.63) is 35.9 Å². The third-order valence-electron chi connectivity index (χ3n) is 2.24. The zero-order chi connectivity index (χ0) is 11.6. The molecule has 1 unspecified atom stereocenters. The molecular formula is C12H18N4. The number of hydrogen-bond donors (Lipinski definition) is 2. The Hall–Kier alpha value is -1.68. The quantitative estimate of drug-likeness (QED) is 0.432. The van der Waals surface area contributed by atoms with Gasteiger partial charge in [0.1, 0.15) is 6.34 Å². The fourth-order valence-electron chi connectivity index (χ4n) is 1.41. The zero-order valence-corrected chi connectivity index (χ0v) is 9.72. The Labute approximate surface area is 96.5 Å². The molecule has 0 aliphatic rings. The van der Waals surface area contributed by atoms with Crippen LogP contribution < -0.4 is 10.7 Å². The maximum Gasteiger partial charge on any atom is 0.103 e. The second kappa shape index (κ2) is 7.59. The van der Waals surface area contributed by atoms with E-state index < -0.39 is 0 Å². The smallest absolute Gasteiger partial charge is 0.103 e. The summed E-state index contributed by atoms with van der Waals surface area (Å²) in [5.41, 5.74) is 3.98. The van der Waals surface area contributed by atoms with Crippen molar-refractivity contribution in [1.29, 1.82) is 0 Å². The first-order valence-corrected chi connectivity index (χ1v) is 5.28. The van der Waals surface area contributed by atoms with Crippen LogP contribution in [0.25, 0.3) is 0 Å². The average molecular weight is 218 g/mol. The van der Waals surface area contributed by atoms with Crippen molar-refractivity contribution in [2.75, 3.05) is 14.1 Å². The van der Waals surface area contributed by atoms with E-state index in [1.807, 2.05) is 31.5 Å². The Balaban J connectivity index is 2.47. The highest BCUT2D eigenvalue weighted by Crippen LogP contribution is 2.13. The molecule has 0 heterocycles. The van der Waals surface area contributed by atoms with Crippen molar-refractivity contribution < 1.29 is 0 Å². The van der Waals surface area contributed by atoms with Crippen molar-refractivity contribution >= 4 is 12.6 Å². The van der Waals surface area contributed by atoms with Gasteiger partial charge in [-0.1, -0.05) is 30.3 Å². The highest BCUT2D eigenvalue weighted by Gasteiger charge is 2.05. The minimum atomic E-state index is 0.297. The summed E-state index contributed by atoms with van der Waals surface area (Å²) in [6.45, 7) is 0. The van der Waals surface area contributed by atoms with Crippen LogP contribution in [0.3, 0.4) is 0 Å². The van der Waals surface area contributed by atoms with Gasteiger partial charge in [-0.05, 0) is 12.6 Å². The van der Waals surface area contributed by atoms with Gasteiger partial charge in [0.25, 0.3) is 0 Å². The van der Waals surface area contributed by atoms with E-state index in [0.717, 1.165) is 6.42 Å². The van der Waals surface area contributed by atoms with Crippen molar-refractivity contribution in [2.24, 2.45) is 10.1 Å². The molecule has 1 rings (SSSR count). The van der Waals surface area contributed by atoms with Gasteiger partial charge in [0.2, 0.25) is 0 Å². The molecule has 4 nitrogen and oxygen atoms in total. The van der Waals surface area contributed by atoms with Crippen LogP contribution in [0.4, 0.5) is 0 Å². The van der Waals surface area contributed by atoms with E-state index in [1.165, 1.54) is 5.56 Å². The average Bonchev–Trinajstić information content (AvgIpc) is 2.35. The lowest BCUT2D eigenvalue weighted by Crippen LogP contribution is -2.17. The van der Waals surface area contributed by atoms with Crippen molar-refractivity contribution in [2.45, 2.75) is 12.5 Å². The van der Waals surface area contributed by atoms with Crippen LogP contribution in [-0.4, -0.2) is 26.6 Å². The fourth-order valence-corrected chi connectivity index (χ4v) is 1.41. The summed E-state index contributed by atoms with van der Waals surface area (Å²) in [6, 6.07) is 10.6. The normalized spacial score (nSPS) is 13.4. The summed E-state index contributed by atoms with van der Waals surface area (Å²) in [7, 11) is 3.65. The maximum atomic E-state index is 4.01. The van der Waals surface area contributed by atoms with Gasteiger partial charge in [-0.25, -0.2) is 0 Å². The van der Waals surface area contributed by atoms with Crippen LogP contribution in [0.5, 0.6) is 0 Å². The molecule has 0 saturated carbocycles. The molecule has 0 spiro atoms. The molecule has 86 valence electrons.